The van der Waals surface area contributed by atoms with Crippen LogP contribution in [0.25, 0.3) is 11.0 Å². The molecule has 2 heterocycles. The number of aromatic nitrogens is 4. The highest BCUT2D eigenvalue weighted by molar-refractivity contribution is 7.99. The lowest BCUT2D eigenvalue weighted by molar-refractivity contribution is 0.0948. The minimum Gasteiger partial charge on any atom is -0.383 e. The number of rotatable bonds is 10. The molecule has 0 aliphatic carbocycles. The van der Waals surface area contributed by atoms with Crippen LogP contribution in [0.2, 0.25) is 0 Å². The molecule has 3 aromatic rings. The number of methoxy groups -OCH3 is 1. The van der Waals surface area contributed by atoms with Gasteiger partial charge in [-0.3, -0.25) is 4.79 Å². The fourth-order valence-corrected chi connectivity index (χ4v) is 3.31. The standard InChI is InChI=1S/C19H22F2N6O2S/c1-3-30-19-25-16(22-7-9-29-2)14-11-24-27(17(14)26-19)8-6-23-18(28)13-5-4-12(20)10-15(13)21/h4-5,10-11H,3,6-9H2,1-2H3,(H,23,28)(H,22,25,26). The number of halogens is 2. The van der Waals surface area contributed by atoms with Gasteiger partial charge in [0.15, 0.2) is 10.8 Å². The van der Waals surface area contributed by atoms with Crippen LogP contribution in [0.1, 0.15) is 17.3 Å². The van der Waals surface area contributed by atoms with Crippen molar-refractivity contribution in [3.8, 4) is 0 Å². The molecular formula is C19H22F2N6O2S. The molecule has 11 heteroatoms. The van der Waals surface area contributed by atoms with Crippen LogP contribution >= 0.6 is 11.8 Å². The Morgan fingerprint density at radius 2 is 2.10 bits per heavy atom. The molecule has 0 fully saturated rings. The van der Waals surface area contributed by atoms with Crippen molar-refractivity contribution in [2.45, 2.75) is 18.6 Å². The fraction of sp³-hybridized carbons (Fsp3) is 0.368. The Bertz CT molecular complexity index is 1030. The Hall–Kier alpha value is -2.79. The van der Waals surface area contributed by atoms with Gasteiger partial charge in [0.2, 0.25) is 0 Å². The number of hydrogen-bond acceptors (Lipinski definition) is 7. The monoisotopic (exact) mass is 436 g/mol. The van der Waals surface area contributed by atoms with Crippen LogP contribution in [0.4, 0.5) is 14.6 Å². The summed E-state index contributed by atoms with van der Waals surface area (Å²) in [5.74, 6) is -0.782. The van der Waals surface area contributed by atoms with Gasteiger partial charge in [-0.15, -0.1) is 0 Å². The van der Waals surface area contributed by atoms with E-state index in [4.69, 9.17) is 4.74 Å². The third kappa shape index (κ3) is 5.22. The Kier molecular flexibility index (Phi) is 7.52. The summed E-state index contributed by atoms with van der Waals surface area (Å²) in [6, 6.07) is 2.83. The van der Waals surface area contributed by atoms with Crippen LogP contribution in [-0.4, -0.2) is 58.2 Å². The number of carbonyl (C=O) groups is 1. The van der Waals surface area contributed by atoms with E-state index in [0.29, 0.717) is 42.4 Å². The lowest BCUT2D eigenvalue weighted by Gasteiger charge is -2.10. The van der Waals surface area contributed by atoms with Gasteiger partial charge in [-0.1, -0.05) is 18.7 Å². The van der Waals surface area contributed by atoms with Crippen molar-refractivity contribution in [2.75, 3.05) is 37.9 Å². The molecule has 0 saturated carbocycles. The Morgan fingerprint density at radius 1 is 1.27 bits per heavy atom. The third-order valence-electron chi connectivity index (χ3n) is 4.13. The fourth-order valence-electron chi connectivity index (χ4n) is 2.74. The van der Waals surface area contributed by atoms with Gasteiger partial charge in [0.1, 0.15) is 17.5 Å². The summed E-state index contributed by atoms with van der Waals surface area (Å²) in [4.78, 5) is 21.2. The van der Waals surface area contributed by atoms with Crippen LogP contribution in [0.5, 0.6) is 0 Å². The largest absolute Gasteiger partial charge is 0.383 e. The smallest absolute Gasteiger partial charge is 0.254 e. The Morgan fingerprint density at radius 3 is 2.83 bits per heavy atom. The van der Waals surface area contributed by atoms with Gasteiger partial charge in [-0.05, 0) is 17.9 Å². The second-order valence-electron chi connectivity index (χ2n) is 6.19. The Balaban J connectivity index is 1.73. The summed E-state index contributed by atoms with van der Waals surface area (Å²) in [5.41, 5.74) is 0.415. The van der Waals surface area contributed by atoms with Crippen LogP contribution < -0.4 is 10.6 Å². The van der Waals surface area contributed by atoms with Crippen molar-refractivity contribution in [1.29, 1.82) is 0 Å². The topological polar surface area (TPSA) is 94.0 Å². The number of benzene rings is 1. The summed E-state index contributed by atoms with van der Waals surface area (Å²) in [6.45, 7) is 3.64. The molecular weight excluding hydrogens is 414 g/mol. The maximum absolute atomic E-state index is 13.7. The quantitative estimate of drug-likeness (QED) is 0.287. The molecule has 0 atom stereocenters. The maximum atomic E-state index is 13.7. The number of anilines is 1. The third-order valence-corrected chi connectivity index (χ3v) is 4.86. The molecule has 8 nitrogen and oxygen atoms in total. The van der Waals surface area contributed by atoms with E-state index >= 15 is 0 Å². The highest BCUT2D eigenvalue weighted by Gasteiger charge is 2.15. The summed E-state index contributed by atoms with van der Waals surface area (Å²) >= 11 is 1.51. The molecule has 0 aliphatic rings. The van der Waals surface area contributed by atoms with Crippen molar-refractivity contribution < 1.29 is 18.3 Å². The van der Waals surface area contributed by atoms with E-state index in [2.05, 4.69) is 25.7 Å². The number of amides is 1. The zero-order valence-corrected chi connectivity index (χ0v) is 17.4. The molecule has 0 radical (unpaired) electrons. The first-order valence-electron chi connectivity index (χ1n) is 9.36. The average molecular weight is 436 g/mol. The normalized spacial score (nSPS) is 11.1. The van der Waals surface area contributed by atoms with Gasteiger partial charge < -0.3 is 15.4 Å². The van der Waals surface area contributed by atoms with E-state index in [1.165, 1.54) is 11.8 Å². The van der Waals surface area contributed by atoms with Gasteiger partial charge >= 0.3 is 0 Å². The zero-order chi connectivity index (χ0) is 21.5. The molecule has 1 amide bonds. The van der Waals surface area contributed by atoms with Crippen molar-refractivity contribution in [3.05, 3.63) is 41.6 Å². The molecule has 2 N–H and O–H groups in total. The van der Waals surface area contributed by atoms with Gasteiger partial charge in [0.25, 0.3) is 5.91 Å². The predicted octanol–water partition coefficient (Wildman–Crippen LogP) is 2.70. The highest BCUT2D eigenvalue weighted by atomic mass is 32.2. The van der Waals surface area contributed by atoms with E-state index in [1.54, 1.807) is 18.0 Å². The molecule has 0 bridgehead atoms. The molecule has 0 saturated heterocycles. The van der Waals surface area contributed by atoms with Crippen molar-refractivity contribution in [1.82, 2.24) is 25.1 Å². The van der Waals surface area contributed by atoms with Gasteiger partial charge in [-0.25, -0.2) is 23.4 Å². The van der Waals surface area contributed by atoms with Gasteiger partial charge in [0, 0.05) is 26.3 Å². The molecule has 0 aliphatic heterocycles. The molecule has 160 valence electrons. The van der Waals surface area contributed by atoms with Gasteiger partial charge in [-0.2, -0.15) is 5.10 Å². The molecule has 0 unspecified atom stereocenters. The summed E-state index contributed by atoms with van der Waals surface area (Å²) in [6.07, 6.45) is 1.66. The molecule has 1 aromatic carbocycles. The number of thioether (sulfide) groups is 1. The molecule has 2 aromatic heterocycles. The SMILES string of the molecule is CCSc1nc(NCCOC)c2cnn(CCNC(=O)c3ccc(F)cc3F)c2n1. The molecule has 0 spiro atoms. The van der Waals surface area contributed by atoms with E-state index in [9.17, 15) is 13.6 Å². The number of carbonyl (C=O) groups excluding carboxylic acids is 1. The second kappa shape index (κ2) is 10.3. The number of nitrogens with zero attached hydrogens (tertiary/aromatic N) is 4. The van der Waals surface area contributed by atoms with E-state index in [1.807, 2.05) is 6.92 Å². The number of nitrogens with one attached hydrogen (secondary N) is 2. The second-order valence-corrected chi connectivity index (χ2v) is 7.42. The maximum Gasteiger partial charge on any atom is 0.254 e. The van der Waals surface area contributed by atoms with Crippen LogP contribution in [0.15, 0.2) is 29.6 Å². The number of hydrogen-bond donors (Lipinski definition) is 2. The van der Waals surface area contributed by atoms with E-state index in [0.717, 1.165) is 23.3 Å². The lowest BCUT2D eigenvalue weighted by atomic mass is 10.2. The van der Waals surface area contributed by atoms with Crippen LogP contribution in [0.3, 0.4) is 0 Å². The van der Waals surface area contributed by atoms with Crippen molar-refractivity contribution in [2.24, 2.45) is 0 Å². The minimum atomic E-state index is -0.905. The van der Waals surface area contributed by atoms with Crippen LogP contribution in [0, 0.1) is 11.6 Å². The van der Waals surface area contributed by atoms with E-state index < -0.39 is 17.5 Å². The molecule has 30 heavy (non-hydrogen) atoms. The highest BCUT2D eigenvalue weighted by Crippen LogP contribution is 2.24. The van der Waals surface area contributed by atoms with Crippen molar-refractivity contribution >= 4 is 34.5 Å². The number of fused-ring (bicyclic) bond motifs is 1. The number of ether oxygens (including phenoxy) is 1. The first-order valence-corrected chi connectivity index (χ1v) is 10.3. The summed E-state index contributed by atoms with van der Waals surface area (Å²) in [7, 11) is 1.62. The average Bonchev–Trinajstić information content (AvgIpc) is 3.11. The van der Waals surface area contributed by atoms with Gasteiger partial charge in [0.05, 0.1) is 30.3 Å². The first kappa shape index (κ1) is 21.9. The first-order chi connectivity index (χ1) is 14.5. The Labute approximate surface area is 176 Å². The van der Waals surface area contributed by atoms with E-state index in [-0.39, 0.29) is 12.1 Å². The predicted molar refractivity (Wildman–Crippen MR) is 111 cm³/mol. The minimum absolute atomic E-state index is 0.194. The molecule has 3 rings (SSSR count). The van der Waals surface area contributed by atoms with Crippen molar-refractivity contribution in [3.63, 3.8) is 0 Å². The summed E-state index contributed by atoms with van der Waals surface area (Å²) in [5, 5.41) is 11.5. The zero-order valence-electron chi connectivity index (χ0n) is 16.6. The lowest BCUT2D eigenvalue weighted by Crippen LogP contribution is -2.28. The van der Waals surface area contributed by atoms with Crippen LogP contribution in [-0.2, 0) is 11.3 Å². The summed E-state index contributed by atoms with van der Waals surface area (Å²) < 4.78 is 33.5.